The molecule has 2 aromatic carbocycles. The summed E-state index contributed by atoms with van der Waals surface area (Å²) in [5.74, 6) is -1.63. The summed E-state index contributed by atoms with van der Waals surface area (Å²) in [6.45, 7) is 4.78. The normalized spacial score (nSPS) is 12.4. The average molecular weight is 387 g/mol. The number of halogens is 3. The van der Waals surface area contributed by atoms with Crippen molar-refractivity contribution < 1.29 is 8.78 Å². The third-order valence-electron chi connectivity index (χ3n) is 3.22. The first-order valence-corrected chi connectivity index (χ1v) is 7.55. The maximum atomic E-state index is 13.5. The van der Waals surface area contributed by atoms with Gasteiger partial charge in [0, 0.05) is 3.57 Å². The number of rotatable bonds is 4. The van der Waals surface area contributed by atoms with Crippen LogP contribution in [0.2, 0.25) is 0 Å². The van der Waals surface area contributed by atoms with Gasteiger partial charge in [0.15, 0.2) is 11.6 Å². The lowest BCUT2D eigenvalue weighted by atomic mass is 9.97. The monoisotopic (exact) mass is 387 g/mol. The summed E-state index contributed by atoms with van der Waals surface area (Å²) in [7, 11) is 0. The van der Waals surface area contributed by atoms with Crippen LogP contribution in [0.1, 0.15) is 29.7 Å². The van der Waals surface area contributed by atoms with Crippen LogP contribution in [0.5, 0.6) is 0 Å². The van der Waals surface area contributed by atoms with Crippen molar-refractivity contribution in [1.29, 1.82) is 0 Å². The summed E-state index contributed by atoms with van der Waals surface area (Å²) in [5.41, 5.74) is 2.99. The molecule has 0 aromatic heterocycles. The Labute approximate surface area is 131 Å². The molecule has 1 atom stereocenters. The van der Waals surface area contributed by atoms with Crippen LogP contribution >= 0.6 is 22.6 Å². The van der Waals surface area contributed by atoms with Crippen LogP contribution in [-0.2, 0) is 0 Å². The second-order valence-electron chi connectivity index (χ2n) is 4.64. The lowest BCUT2D eigenvalue weighted by Gasteiger charge is -2.21. The number of nitrogens with one attached hydrogen (secondary N) is 1. The minimum absolute atomic E-state index is 0.137. The second-order valence-corrected chi connectivity index (χ2v) is 5.72. The van der Waals surface area contributed by atoms with Gasteiger partial charge in [-0.1, -0.05) is 31.2 Å². The van der Waals surface area contributed by atoms with Crippen LogP contribution in [0, 0.1) is 22.1 Å². The molecule has 0 saturated heterocycles. The Bertz CT molecular complexity index is 613. The number of hydrogen-bond acceptors (Lipinski definition) is 1. The zero-order valence-corrected chi connectivity index (χ0v) is 13.5. The Morgan fingerprint density at radius 3 is 2.55 bits per heavy atom. The van der Waals surface area contributed by atoms with Gasteiger partial charge in [-0.25, -0.2) is 8.78 Å². The van der Waals surface area contributed by atoms with Gasteiger partial charge < -0.3 is 5.32 Å². The summed E-state index contributed by atoms with van der Waals surface area (Å²) in [5, 5.41) is 3.34. The molecule has 2 aromatic rings. The van der Waals surface area contributed by atoms with E-state index < -0.39 is 11.6 Å². The van der Waals surface area contributed by atoms with Crippen molar-refractivity contribution in [2.45, 2.75) is 19.9 Å². The number of aryl methyl sites for hydroxylation is 1. The van der Waals surface area contributed by atoms with Crippen LogP contribution in [0.3, 0.4) is 0 Å². The predicted octanol–water partition coefficient (Wildman–Crippen LogP) is 4.58. The molecule has 0 amide bonds. The molecule has 2 rings (SSSR count). The van der Waals surface area contributed by atoms with Gasteiger partial charge in [0.2, 0.25) is 0 Å². The third kappa shape index (κ3) is 3.17. The molecule has 0 aliphatic rings. The van der Waals surface area contributed by atoms with E-state index in [1.54, 1.807) is 6.07 Å². The molecule has 0 radical (unpaired) electrons. The minimum atomic E-state index is -0.817. The fourth-order valence-electron chi connectivity index (χ4n) is 2.20. The minimum Gasteiger partial charge on any atom is -0.306 e. The van der Waals surface area contributed by atoms with E-state index in [4.69, 9.17) is 0 Å². The van der Waals surface area contributed by atoms with Crippen LogP contribution in [0.4, 0.5) is 8.78 Å². The number of benzene rings is 2. The van der Waals surface area contributed by atoms with Crippen LogP contribution in [0.15, 0.2) is 36.4 Å². The summed E-state index contributed by atoms with van der Waals surface area (Å²) < 4.78 is 27.7. The molecule has 0 aliphatic heterocycles. The van der Waals surface area contributed by atoms with Crippen molar-refractivity contribution in [2.24, 2.45) is 0 Å². The van der Waals surface area contributed by atoms with E-state index in [1.165, 1.54) is 17.7 Å². The standard InChI is InChI=1S/C16H16F2IN/c1-3-20-16(11-7-8-13(17)14(18)9-11)12-6-4-5-10(2)15(12)19/h4-9,16,20H,3H2,1-2H3. The molecule has 0 bridgehead atoms. The quantitative estimate of drug-likeness (QED) is 0.758. The van der Waals surface area contributed by atoms with Crippen molar-refractivity contribution in [2.75, 3.05) is 6.54 Å². The zero-order valence-electron chi connectivity index (χ0n) is 11.4. The van der Waals surface area contributed by atoms with Crippen molar-refractivity contribution in [3.63, 3.8) is 0 Å². The van der Waals surface area contributed by atoms with E-state index >= 15 is 0 Å². The van der Waals surface area contributed by atoms with Crippen molar-refractivity contribution in [3.05, 3.63) is 68.3 Å². The molecule has 0 heterocycles. The maximum absolute atomic E-state index is 13.5. The van der Waals surface area contributed by atoms with E-state index in [2.05, 4.69) is 27.9 Å². The van der Waals surface area contributed by atoms with Crippen LogP contribution < -0.4 is 5.32 Å². The van der Waals surface area contributed by atoms with Crippen LogP contribution in [0.25, 0.3) is 0 Å². The number of hydrogen-bond donors (Lipinski definition) is 1. The topological polar surface area (TPSA) is 12.0 Å². The SMILES string of the molecule is CCNC(c1ccc(F)c(F)c1)c1cccc(C)c1I. The van der Waals surface area contributed by atoms with E-state index in [9.17, 15) is 8.78 Å². The fourth-order valence-corrected chi connectivity index (χ4v) is 2.87. The largest absolute Gasteiger partial charge is 0.306 e. The highest BCUT2D eigenvalue weighted by Gasteiger charge is 2.18. The molecule has 0 spiro atoms. The molecule has 0 saturated carbocycles. The molecule has 1 nitrogen and oxygen atoms in total. The Kier molecular flexibility index (Phi) is 5.10. The summed E-state index contributed by atoms with van der Waals surface area (Å²) in [4.78, 5) is 0. The Morgan fingerprint density at radius 1 is 1.15 bits per heavy atom. The Balaban J connectivity index is 2.50. The summed E-state index contributed by atoms with van der Waals surface area (Å²) in [6, 6.07) is 9.98. The molecule has 0 aliphatic carbocycles. The average Bonchev–Trinajstić information content (AvgIpc) is 2.43. The lowest BCUT2D eigenvalue weighted by molar-refractivity contribution is 0.503. The molecular formula is C16H16F2IN. The fraction of sp³-hybridized carbons (Fsp3) is 0.250. The van der Waals surface area contributed by atoms with Gasteiger partial charge in [-0.15, -0.1) is 0 Å². The molecular weight excluding hydrogens is 371 g/mol. The van der Waals surface area contributed by atoms with Gasteiger partial charge >= 0.3 is 0 Å². The van der Waals surface area contributed by atoms with Gasteiger partial charge in [-0.05, 0) is 64.9 Å². The van der Waals surface area contributed by atoms with Gasteiger partial charge in [0.25, 0.3) is 0 Å². The smallest absolute Gasteiger partial charge is 0.159 e. The molecule has 20 heavy (non-hydrogen) atoms. The van der Waals surface area contributed by atoms with Gasteiger partial charge in [0.05, 0.1) is 6.04 Å². The Hall–Kier alpha value is -1.01. The predicted molar refractivity (Wildman–Crippen MR) is 85.8 cm³/mol. The van der Waals surface area contributed by atoms with Gasteiger partial charge in [-0.2, -0.15) is 0 Å². The highest BCUT2D eigenvalue weighted by molar-refractivity contribution is 14.1. The van der Waals surface area contributed by atoms with E-state index in [1.807, 2.05) is 32.0 Å². The van der Waals surface area contributed by atoms with Crippen molar-refractivity contribution in [1.82, 2.24) is 5.32 Å². The zero-order chi connectivity index (χ0) is 14.7. The first kappa shape index (κ1) is 15.4. The van der Waals surface area contributed by atoms with Gasteiger partial charge in [-0.3, -0.25) is 0 Å². The Morgan fingerprint density at radius 2 is 1.90 bits per heavy atom. The summed E-state index contributed by atoms with van der Waals surface area (Å²) in [6.07, 6.45) is 0. The molecule has 1 unspecified atom stereocenters. The molecule has 0 fully saturated rings. The molecule has 4 heteroatoms. The van der Waals surface area contributed by atoms with E-state index in [-0.39, 0.29) is 6.04 Å². The molecule has 1 N–H and O–H groups in total. The highest BCUT2D eigenvalue weighted by atomic mass is 127. The first-order valence-electron chi connectivity index (χ1n) is 6.48. The van der Waals surface area contributed by atoms with E-state index in [0.717, 1.165) is 21.2 Å². The highest BCUT2D eigenvalue weighted by Crippen LogP contribution is 2.28. The van der Waals surface area contributed by atoms with Crippen molar-refractivity contribution >= 4 is 22.6 Å². The lowest BCUT2D eigenvalue weighted by Crippen LogP contribution is -2.23. The van der Waals surface area contributed by atoms with Gasteiger partial charge in [0.1, 0.15) is 0 Å². The van der Waals surface area contributed by atoms with Crippen LogP contribution in [-0.4, -0.2) is 6.54 Å². The van der Waals surface area contributed by atoms with E-state index in [0.29, 0.717) is 0 Å². The third-order valence-corrected chi connectivity index (χ3v) is 4.69. The first-order chi connectivity index (χ1) is 9.54. The van der Waals surface area contributed by atoms with Crippen molar-refractivity contribution in [3.8, 4) is 0 Å². The maximum Gasteiger partial charge on any atom is 0.159 e. The molecule has 106 valence electrons. The summed E-state index contributed by atoms with van der Waals surface area (Å²) >= 11 is 2.29. The second kappa shape index (κ2) is 6.63.